The van der Waals surface area contributed by atoms with Crippen LogP contribution in [-0.4, -0.2) is 25.7 Å². The van der Waals surface area contributed by atoms with Gasteiger partial charge in [-0.3, -0.25) is 4.79 Å². The van der Waals surface area contributed by atoms with Crippen molar-refractivity contribution >= 4 is 5.97 Å². The van der Waals surface area contributed by atoms with Gasteiger partial charge in [0.25, 0.3) is 0 Å². The predicted octanol–water partition coefficient (Wildman–Crippen LogP) is 2.74. The van der Waals surface area contributed by atoms with Gasteiger partial charge in [0, 0.05) is 0 Å². The molecular formula is C14H27NO2. The Morgan fingerprint density at radius 2 is 1.94 bits per heavy atom. The minimum absolute atomic E-state index is 0.116. The lowest BCUT2D eigenvalue weighted by Gasteiger charge is -2.25. The van der Waals surface area contributed by atoms with E-state index in [9.17, 15) is 4.79 Å². The lowest BCUT2D eigenvalue weighted by atomic mass is 9.89. The molecule has 0 saturated heterocycles. The molecule has 0 amide bonds. The number of carbonyl (C=O) groups excluding carboxylic acids is 1. The Hall–Kier alpha value is -0.570. The van der Waals surface area contributed by atoms with Gasteiger partial charge >= 0.3 is 5.97 Å². The van der Waals surface area contributed by atoms with Gasteiger partial charge in [-0.05, 0) is 37.6 Å². The first-order valence-corrected chi connectivity index (χ1v) is 6.94. The molecule has 1 fully saturated rings. The first kappa shape index (κ1) is 14.5. The van der Waals surface area contributed by atoms with Crippen molar-refractivity contribution in [2.45, 2.75) is 58.4 Å². The third-order valence-corrected chi connectivity index (χ3v) is 3.57. The van der Waals surface area contributed by atoms with Gasteiger partial charge in [-0.15, -0.1) is 0 Å². The van der Waals surface area contributed by atoms with Crippen LogP contribution in [0.15, 0.2) is 0 Å². The van der Waals surface area contributed by atoms with Gasteiger partial charge in [0.15, 0.2) is 0 Å². The van der Waals surface area contributed by atoms with E-state index in [0.717, 1.165) is 18.9 Å². The predicted molar refractivity (Wildman–Crippen MR) is 69.8 cm³/mol. The molecule has 1 aliphatic rings. The van der Waals surface area contributed by atoms with E-state index in [2.05, 4.69) is 19.2 Å². The zero-order chi connectivity index (χ0) is 12.7. The van der Waals surface area contributed by atoms with E-state index in [1.807, 2.05) is 0 Å². The summed E-state index contributed by atoms with van der Waals surface area (Å²) in [6.45, 7) is 5.24. The molecular weight excluding hydrogens is 214 g/mol. The van der Waals surface area contributed by atoms with Gasteiger partial charge in [-0.25, -0.2) is 0 Å². The van der Waals surface area contributed by atoms with Gasteiger partial charge in [0.2, 0.25) is 0 Å². The quantitative estimate of drug-likeness (QED) is 0.727. The van der Waals surface area contributed by atoms with Gasteiger partial charge in [-0.2, -0.15) is 0 Å². The Kier molecular flexibility index (Phi) is 6.56. The molecule has 0 radical (unpaired) electrons. The zero-order valence-corrected chi connectivity index (χ0v) is 11.5. The number of methoxy groups -OCH3 is 1. The van der Waals surface area contributed by atoms with Gasteiger partial charge in [0.1, 0.15) is 6.04 Å². The van der Waals surface area contributed by atoms with E-state index in [0.29, 0.717) is 5.92 Å². The van der Waals surface area contributed by atoms with E-state index in [1.165, 1.54) is 39.2 Å². The Labute approximate surface area is 105 Å². The maximum atomic E-state index is 11.6. The molecule has 0 aromatic rings. The Morgan fingerprint density at radius 3 is 2.47 bits per heavy atom. The second-order valence-electron chi connectivity index (χ2n) is 5.62. The molecule has 1 N–H and O–H groups in total. The molecule has 0 aliphatic heterocycles. The summed E-state index contributed by atoms with van der Waals surface area (Å²) >= 11 is 0. The molecule has 100 valence electrons. The molecule has 1 atom stereocenters. The fourth-order valence-corrected chi connectivity index (χ4v) is 2.58. The first-order valence-electron chi connectivity index (χ1n) is 6.94. The standard InChI is InChI=1S/C14H27NO2/c1-11(2)9-13(14(16)17-3)15-10-12-7-5-4-6-8-12/h11-13,15H,4-10H2,1-3H3. The van der Waals surface area contributed by atoms with Crippen molar-refractivity contribution in [1.29, 1.82) is 0 Å². The number of esters is 1. The van der Waals surface area contributed by atoms with Crippen LogP contribution in [0.3, 0.4) is 0 Å². The fourth-order valence-electron chi connectivity index (χ4n) is 2.58. The maximum absolute atomic E-state index is 11.6. The Bertz CT molecular complexity index is 222. The third-order valence-electron chi connectivity index (χ3n) is 3.57. The van der Waals surface area contributed by atoms with Gasteiger partial charge < -0.3 is 10.1 Å². The van der Waals surface area contributed by atoms with Crippen LogP contribution >= 0.6 is 0 Å². The molecule has 3 nitrogen and oxygen atoms in total. The Balaban J connectivity index is 2.34. The maximum Gasteiger partial charge on any atom is 0.322 e. The molecule has 0 spiro atoms. The number of hydrogen-bond donors (Lipinski definition) is 1. The van der Waals surface area contributed by atoms with Crippen molar-refractivity contribution in [3.63, 3.8) is 0 Å². The molecule has 0 heterocycles. The van der Waals surface area contributed by atoms with E-state index < -0.39 is 0 Å². The average Bonchev–Trinajstić information content (AvgIpc) is 2.34. The summed E-state index contributed by atoms with van der Waals surface area (Å²) in [5, 5.41) is 3.40. The minimum atomic E-state index is -0.123. The second kappa shape index (κ2) is 7.70. The van der Waals surface area contributed by atoms with Crippen molar-refractivity contribution in [3.8, 4) is 0 Å². The fraction of sp³-hybridized carbons (Fsp3) is 0.929. The molecule has 1 aliphatic carbocycles. The minimum Gasteiger partial charge on any atom is -0.468 e. The van der Waals surface area contributed by atoms with Crippen LogP contribution in [0.1, 0.15) is 52.4 Å². The SMILES string of the molecule is COC(=O)C(CC(C)C)NCC1CCCCC1. The van der Waals surface area contributed by atoms with Crippen molar-refractivity contribution in [3.05, 3.63) is 0 Å². The average molecular weight is 241 g/mol. The highest BCUT2D eigenvalue weighted by Crippen LogP contribution is 2.23. The summed E-state index contributed by atoms with van der Waals surface area (Å²) in [6.07, 6.45) is 7.55. The number of ether oxygens (including phenoxy) is 1. The smallest absolute Gasteiger partial charge is 0.322 e. The molecule has 0 aromatic carbocycles. The second-order valence-corrected chi connectivity index (χ2v) is 5.62. The molecule has 0 bridgehead atoms. The summed E-state index contributed by atoms with van der Waals surface area (Å²) in [5.41, 5.74) is 0. The van der Waals surface area contributed by atoms with Crippen molar-refractivity contribution in [2.75, 3.05) is 13.7 Å². The van der Waals surface area contributed by atoms with E-state index in [4.69, 9.17) is 4.74 Å². The number of rotatable bonds is 6. The molecule has 1 unspecified atom stereocenters. The summed E-state index contributed by atoms with van der Waals surface area (Å²) < 4.78 is 4.85. The molecule has 1 saturated carbocycles. The highest BCUT2D eigenvalue weighted by molar-refractivity contribution is 5.75. The van der Waals surface area contributed by atoms with Gasteiger partial charge in [-0.1, -0.05) is 33.1 Å². The summed E-state index contributed by atoms with van der Waals surface area (Å²) in [4.78, 5) is 11.6. The van der Waals surface area contributed by atoms with Crippen LogP contribution in [0.2, 0.25) is 0 Å². The lowest BCUT2D eigenvalue weighted by molar-refractivity contribution is -0.143. The summed E-state index contributed by atoms with van der Waals surface area (Å²) in [5.74, 6) is 1.15. The molecule has 17 heavy (non-hydrogen) atoms. The van der Waals surface area contributed by atoms with Crippen molar-refractivity contribution in [2.24, 2.45) is 11.8 Å². The van der Waals surface area contributed by atoms with Crippen LogP contribution in [0.5, 0.6) is 0 Å². The van der Waals surface area contributed by atoms with E-state index in [-0.39, 0.29) is 12.0 Å². The normalized spacial score (nSPS) is 19.3. The van der Waals surface area contributed by atoms with Crippen LogP contribution in [0, 0.1) is 11.8 Å². The largest absolute Gasteiger partial charge is 0.468 e. The number of nitrogens with one attached hydrogen (secondary N) is 1. The zero-order valence-electron chi connectivity index (χ0n) is 11.5. The van der Waals surface area contributed by atoms with E-state index in [1.54, 1.807) is 0 Å². The van der Waals surface area contributed by atoms with Crippen molar-refractivity contribution < 1.29 is 9.53 Å². The van der Waals surface area contributed by atoms with Crippen LogP contribution in [-0.2, 0) is 9.53 Å². The number of carbonyl (C=O) groups is 1. The summed E-state index contributed by atoms with van der Waals surface area (Å²) in [7, 11) is 1.47. The van der Waals surface area contributed by atoms with Crippen LogP contribution in [0.25, 0.3) is 0 Å². The van der Waals surface area contributed by atoms with Crippen LogP contribution < -0.4 is 5.32 Å². The highest BCUT2D eigenvalue weighted by atomic mass is 16.5. The molecule has 0 aromatic heterocycles. The third kappa shape index (κ3) is 5.53. The molecule has 3 heteroatoms. The van der Waals surface area contributed by atoms with Crippen LogP contribution in [0.4, 0.5) is 0 Å². The highest BCUT2D eigenvalue weighted by Gasteiger charge is 2.22. The lowest BCUT2D eigenvalue weighted by Crippen LogP contribution is -2.41. The topological polar surface area (TPSA) is 38.3 Å². The summed E-state index contributed by atoms with van der Waals surface area (Å²) in [6, 6.07) is -0.123. The first-order chi connectivity index (χ1) is 8.13. The molecule has 1 rings (SSSR count). The number of hydrogen-bond acceptors (Lipinski definition) is 3. The van der Waals surface area contributed by atoms with E-state index >= 15 is 0 Å². The van der Waals surface area contributed by atoms with Gasteiger partial charge in [0.05, 0.1) is 7.11 Å². The Morgan fingerprint density at radius 1 is 1.29 bits per heavy atom. The van der Waals surface area contributed by atoms with Crippen molar-refractivity contribution in [1.82, 2.24) is 5.32 Å². The monoisotopic (exact) mass is 241 g/mol.